The molecule has 0 aliphatic carbocycles. The highest BCUT2D eigenvalue weighted by Gasteiger charge is 2.22. The largest absolute Gasteiger partial charge is 0.364 e. The van der Waals surface area contributed by atoms with Crippen molar-refractivity contribution >= 4 is 27.3 Å². The number of sulfone groups is 1. The standard InChI is InChI=1S/C10H9ClN4O3S/c1-19(17,18)7-4-5(11)2-3-6(7)8-9(10(12)16)14-15-13-8/h2-4H,1H3,(H2,12,16)(H,13,14,15). The molecule has 0 saturated heterocycles. The van der Waals surface area contributed by atoms with Crippen LogP contribution in [0.5, 0.6) is 0 Å². The summed E-state index contributed by atoms with van der Waals surface area (Å²) >= 11 is 5.79. The lowest BCUT2D eigenvalue weighted by molar-refractivity contribution is 0.0996. The lowest BCUT2D eigenvalue weighted by Gasteiger charge is -2.06. The van der Waals surface area contributed by atoms with E-state index in [9.17, 15) is 13.2 Å². The maximum Gasteiger partial charge on any atom is 0.271 e. The maximum absolute atomic E-state index is 11.7. The van der Waals surface area contributed by atoms with E-state index in [2.05, 4.69) is 15.4 Å². The minimum Gasteiger partial charge on any atom is -0.364 e. The summed E-state index contributed by atoms with van der Waals surface area (Å²) in [5, 5.41) is 9.87. The molecule has 1 heterocycles. The van der Waals surface area contributed by atoms with Crippen molar-refractivity contribution < 1.29 is 13.2 Å². The van der Waals surface area contributed by atoms with Crippen LogP contribution in [0.2, 0.25) is 5.02 Å². The molecule has 1 aromatic carbocycles. The molecule has 19 heavy (non-hydrogen) atoms. The summed E-state index contributed by atoms with van der Waals surface area (Å²) in [5.74, 6) is -0.807. The van der Waals surface area contributed by atoms with Gasteiger partial charge in [0.05, 0.1) is 4.90 Å². The van der Waals surface area contributed by atoms with E-state index in [-0.39, 0.29) is 26.9 Å². The van der Waals surface area contributed by atoms with Gasteiger partial charge in [0.1, 0.15) is 5.69 Å². The van der Waals surface area contributed by atoms with Gasteiger partial charge in [0.2, 0.25) is 0 Å². The summed E-state index contributed by atoms with van der Waals surface area (Å²) in [6.07, 6.45) is 1.03. The Morgan fingerprint density at radius 1 is 1.37 bits per heavy atom. The van der Waals surface area contributed by atoms with Crippen LogP contribution in [0, 0.1) is 0 Å². The molecular formula is C10H9ClN4O3S. The Kier molecular flexibility index (Phi) is 3.29. The highest BCUT2D eigenvalue weighted by atomic mass is 35.5. The smallest absolute Gasteiger partial charge is 0.271 e. The molecule has 1 amide bonds. The van der Waals surface area contributed by atoms with E-state index in [1.807, 2.05) is 0 Å². The summed E-state index contributed by atoms with van der Waals surface area (Å²) < 4.78 is 23.5. The summed E-state index contributed by atoms with van der Waals surface area (Å²) in [6, 6.07) is 4.22. The van der Waals surface area contributed by atoms with Crippen molar-refractivity contribution in [1.29, 1.82) is 0 Å². The maximum atomic E-state index is 11.7. The predicted molar refractivity (Wildman–Crippen MR) is 68.5 cm³/mol. The molecule has 1 aromatic heterocycles. The third-order valence-electron chi connectivity index (χ3n) is 2.38. The van der Waals surface area contributed by atoms with Gasteiger partial charge in [0.25, 0.3) is 5.91 Å². The number of H-pyrrole nitrogens is 1. The SMILES string of the molecule is CS(=O)(=O)c1cc(Cl)ccc1-c1n[nH]nc1C(N)=O. The number of benzene rings is 1. The summed E-state index contributed by atoms with van der Waals surface area (Å²) in [4.78, 5) is 11.2. The van der Waals surface area contributed by atoms with Crippen LogP contribution in [-0.2, 0) is 9.84 Å². The Bertz CT molecular complexity index is 754. The van der Waals surface area contributed by atoms with Gasteiger partial charge in [-0.2, -0.15) is 15.4 Å². The number of primary amides is 1. The first-order valence-electron chi connectivity index (χ1n) is 5.01. The van der Waals surface area contributed by atoms with Gasteiger partial charge in [-0.25, -0.2) is 8.42 Å². The van der Waals surface area contributed by atoms with Crippen LogP contribution in [0.25, 0.3) is 11.3 Å². The van der Waals surface area contributed by atoms with Crippen LogP contribution in [0.4, 0.5) is 0 Å². The molecule has 2 aromatic rings. The van der Waals surface area contributed by atoms with Gasteiger partial charge in [-0.15, -0.1) is 0 Å². The Morgan fingerprint density at radius 2 is 2.05 bits per heavy atom. The van der Waals surface area contributed by atoms with E-state index >= 15 is 0 Å². The van der Waals surface area contributed by atoms with Crippen molar-refractivity contribution in [1.82, 2.24) is 15.4 Å². The lowest BCUT2D eigenvalue weighted by atomic mass is 10.1. The monoisotopic (exact) mass is 300 g/mol. The first-order chi connectivity index (χ1) is 8.80. The molecule has 7 nitrogen and oxygen atoms in total. The molecular weight excluding hydrogens is 292 g/mol. The van der Waals surface area contributed by atoms with Crippen LogP contribution < -0.4 is 5.73 Å². The number of hydrogen-bond acceptors (Lipinski definition) is 5. The van der Waals surface area contributed by atoms with E-state index in [1.165, 1.54) is 18.2 Å². The van der Waals surface area contributed by atoms with Gasteiger partial charge in [-0.3, -0.25) is 4.79 Å². The number of carbonyl (C=O) groups excluding carboxylic acids is 1. The van der Waals surface area contributed by atoms with Gasteiger partial charge in [0, 0.05) is 16.8 Å². The van der Waals surface area contributed by atoms with Crippen molar-refractivity contribution in [3.05, 3.63) is 28.9 Å². The molecule has 0 saturated carbocycles. The minimum absolute atomic E-state index is 0.0450. The molecule has 0 bridgehead atoms. The van der Waals surface area contributed by atoms with Gasteiger partial charge >= 0.3 is 0 Å². The number of nitrogens with one attached hydrogen (secondary N) is 1. The first-order valence-corrected chi connectivity index (χ1v) is 7.28. The van der Waals surface area contributed by atoms with Crippen LogP contribution in [0.3, 0.4) is 0 Å². The molecule has 9 heteroatoms. The van der Waals surface area contributed by atoms with E-state index in [0.717, 1.165) is 6.26 Å². The summed E-state index contributed by atoms with van der Waals surface area (Å²) in [6.45, 7) is 0. The number of aromatic amines is 1. The summed E-state index contributed by atoms with van der Waals surface area (Å²) in [5.41, 5.74) is 5.31. The zero-order valence-electron chi connectivity index (χ0n) is 9.71. The Labute approximate surface area is 113 Å². The molecule has 0 aliphatic rings. The van der Waals surface area contributed by atoms with Gasteiger partial charge in [-0.1, -0.05) is 11.6 Å². The molecule has 0 radical (unpaired) electrons. The fraction of sp³-hybridized carbons (Fsp3) is 0.100. The second-order valence-electron chi connectivity index (χ2n) is 3.80. The molecule has 0 atom stereocenters. The van der Waals surface area contributed by atoms with Gasteiger partial charge in [0.15, 0.2) is 15.5 Å². The number of halogens is 1. The van der Waals surface area contributed by atoms with Crippen LogP contribution in [-0.4, -0.2) is 36.0 Å². The third-order valence-corrected chi connectivity index (χ3v) is 3.75. The van der Waals surface area contributed by atoms with Crippen molar-refractivity contribution in [2.75, 3.05) is 6.26 Å². The fourth-order valence-corrected chi connectivity index (χ4v) is 2.73. The second kappa shape index (κ2) is 4.63. The number of rotatable bonds is 3. The molecule has 2 rings (SSSR count). The van der Waals surface area contributed by atoms with Crippen LogP contribution >= 0.6 is 11.6 Å². The van der Waals surface area contributed by atoms with E-state index in [1.54, 1.807) is 0 Å². The Hall–Kier alpha value is -1.93. The predicted octanol–water partition coefficient (Wildman–Crippen LogP) is 0.628. The average Bonchev–Trinajstić information content (AvgIpc) is 2.76. The molecule has 100 valence electrons. The minimum atomic E-state index is -3.54. The normalized spacial score (nSPS) is 11.5. The molecule has 0 spiro atoms. The number of aromatic nitrogens is 3. The van der Waals surface area contributed by atoms with Crippen molar-refractivity contribution in [2.24, 2.45) is 5.73 Å². The van der Waals surface area contributed by atoms with Crippen LogP contribution in [0.15, 0.2) is 23.1 Å². The number of nitrogens with zero attached hydrogens (tertiary/aromatic N) is 2. The molecule has 0 aliphatic heterocycles. The number of nitrogens with two attached hydrogens (primary N) is 1. The lowest BCUT2D eigenvalue weighted by Crippen LogP contribution is -2.13. The first kappa shape index (κ1) is 13.5. The zero-order valence-corrected chi connectivity index (χ0v) is 11.3. The average molecular weight is 301 g/mol. The van der Waals surface area contributed by atoms with E-state index in [4.69, 9.17) is 17.3 Å². The summed E-state index contributed by atoms with van der Waals surface area (Å²) in [7, 11) is -3.54. The van der Waals surface area contributed by atoms with Crippen LogP contribution in [0.1, 0.15) is 10.5 Å². The second-order valence-corrected chi connectivity index (χ2v) is 6.22. The number of amides is 1. The van der Waals surface area contributed by atoms with Crippen molar-refractivity contribution in [3.8, 4) is 11.3 Å². The van der Waals surface area contributed by atoms with Gasteiger partial charge in [-0.05, 0) is 18.2 Å². The number of hydrogen-bond donors (Lipinski definition) is 2. The fourth-order valence-electron chi connectivity index (χ4n) is 1.59. The van der Waals surface area contributed by atoms with Crippen molar-refractivity contribution in [3.63, 3.8) is 0 Å². The Balaban J connectivity index is 2.76. The highest BCUT2D eigenvalue weighted by Crippen LogP contribution is 2.29. The zero-order chi connectivity index (χ0) is 14.2. The topological polar surface area (TPSA) is 119 Å². The van der Waals surface area contributed by atoms with E-state index in [0.29, 0.717) is 0 Å². The molecule has 0 unspecified atom stereocenters. The molecule has 0 fully saturated rings. The quantitative estimate of drug-likeness (QED) is 0.861. The third kappa shape index (κ3) is 2.59. The highest BCUT2D eigenvalue weighted by molar-refractivity contribution is 7.90. The number of carbonyl (C=O) groups is 1. The molecule has 3 N–H and O–H groups in total. The van der Waals surface area contributed by atoms with Crippen molar-refractivity contribution in [2.45, 2.75) is 4.90 Å². The van der Waals surface area contributed by atoms with E-state index < -0.39 is 15.7 Å². The van der Waals surface area contributed by atoms with Gasteiger partial charge < -0.3 is 5.73 Å². The Morgan fingerprint density at radius 3 is 2.63 bits per heavy atom.